The van der Waals surface area contributed by atoms with Crippen molar-refractivity contribution in [2.75, 3.05) is 11.9 Å². The number of anilines is 1. The monoisotopic (exact) mass is 454 g/mol. The lowest BCUT2D eigenvalue weighted by Gasteiger charge is -2.13. The Morgan fingerprint density at radius 3 is 2.56 bits per heavy atom. The van der Waals surface area contributed by atoms with E-state index in [0.29, 0.717) is 18.5 Å². The Hall–Kier alpha value is -3.93. The number of rotatable bonds is 8. The fraction of sp³-hybridized carbons (Fsp3) is 0.250. The molecular formula is C28H30N4O2. The van der Waals surface area contributed by atoms with Gasteiger partial charge in [0.05, 0.1) is 11.0 Å². The third kappa shape index (κ3) is 5.34. The average molecular weight is 455 g/mol. The maximum Gasteiger partial charge on any atom is 0.251 e. The van der Waals surface area contributed by atoms with Crippen LogP contribution in [0.15, 0.2) is 66.7 Å². The van der Waals surface area contributed by atoms with Gasteiger partial charge in [-0.15, -0.1) is 0 Å². The summed E-state index contributed by atoms with van der Waals surface area (Å²) in [4.78, 5) is 30.1. The van der Waals surface area contributed by atoms with Gasteiger partial charge in [0.15, 0.2) is 0 Å². The van der Waals surface area contributed by atoms with Gasteiger partial charge in [0.25, 0.3) is 5.91 Å². The standard InChI is InChI=1S/C28H30N4O2/c1-19-9-6-11-22(17-19)28(34)29-16-8-15-26-30-24-12-4-5-14-25(24)32(26)18-27(33)31-23-13-7-10-20(2)21(23)3/h4-7,9-14,17H,8,15-16,18H2,1-3H3,(H,29,34)(H,31,33). The lowest BCUT2D eigenvalue weighted by Crippen LogP contribution is -2.25. The topological polar surface area (TPSA) is 76.0 Å². The fourth-order valence-corrected chi connectivity index (χ4v) is 4.05. The van der Waals surface area contributed by atoms with Crippen LogP contribution < -0.4 is 10.6 Å². The molecule has 0 atom stereocenters. The zero-order valence-electron chi connectivity index (χ0n) is 19.9. The average Bonchev–Trinajstić information content (AvgIpc) is 3.16. The van der Waals surface area contributed by atoms with E-state index >= 15 is 0 Å². The molecule has 6 nitrogen and oxygen atoms in total. The van der Waals surface area contributed by atoms with Crippen molar-refractivity contribution in [1.29, 1.82) is 0 Å². The van der Waals surface area contributed by atoms with Gasteiger partial charge >= 0.3 is 0 Å². The molecule has 4 aromatic rings. The molecule has 174 valence electrons. The smallest absolute Gasteiger partial charge is 0.251 e. The van der Waals surface area contributed by atoms with Crippen molar-refractivity contribution in [3.63, 3.8) is 0 Å². The van der Waals surface area contributed by atoms with E-state index in [-0.39, 0.29) is 18.4 Å². The number of para-hydroxylation sites is 2. The lowest BCUT2D eigenvalue weighted by molar-refractivity contribution is -0.116. The second-order valence-corrected chi connectivity index (χ2v) is 8.63. The van der Waals surface area contributed by atoms with E-state index in [4.69, 9.17) is 4.98 Å². The zero-order valence-corrected chi connectivity index (χ0v) is 19.9. The number of nitrogens with zero attached hydrogens (tertiary/aromatic N) is 2. The van der Waals surface area contributed by atoms with Crippen molar-refractivity contribution in [2.45, 2.75) is 40.2 Å². The van der Waals surface area contributed by atoms with E-state index in [1.807, 2.05) is 92.1 Å². The van der Waals surface area contributed by atoms with Gasteiger partial charge < -0.3 is 15.2 Å². The summed E-state index contributed by atoms with van der Waals surface area (Å²) >= 11 is 0. The molecule has 0 saturated heterocycles. The summed E-state index contributed by atoms with van der Waals surface area (Å²) in [6.07, 6.45) is 1.37. The van der Waals surface area contributed by atoms with Gasteiger partial charge in [-0.3, -0.25) is 9.59 Å². The minimum atomic E-state index is -0.0918. The highest BCUT2D eigenvalue weighted by atomic mass is 16.2. The van der Waals surface area contributed by atoms with Gasteiger partial charge in [-0.2, -0.15) is 0 Å². The molecule has 1 aromatic heterocycles. The number of fused-ring (bicyclic) bond motifs is 1. The molecule has 6 heteroatoms. The Morgan fingerprint density at radius 2 is 1.74 bits per heavy atom. The van der Waals surface area contributed by atoms with Crippen molar-refractivity contribution in [2.24, 2.45) is 0 Å². The predicted molar refractivity (Wildman–Crippen MR) is 136 cm³/mol. The number of aromatic nitrogens is 2. The van der Waals surface area contributed by atoms with E-state index in [9.17, 15) is 9.59 Å². The second kappa shape index (κ2) is 10.3. The Morgan fingerprint density at radius 1 is 0.941 bits per heavy atom. The van der Waals surface area contributed by atoms with E-state index < -0.39 is 0 Å². The largest absolute Gasteiger partial charge is 0.352 e. The molecule has 3 aromatic carbocycles. The highest BCUT2D eigenvalue weighted by Crippen LogP contribution is 2.20. The summed E-state index contributed by atoms with van der Waals surface area (Å²) in [5.74, 6) is 0.665. The fourth-order valence-electron chi connectivity index (χ4n) is 4.05. The van der Waals surface area contributed by atoms with Gasteiger partial charge in [-0.1, -0.05) is 42.0 Å². The van der Waals surface area contributed by atoms with Crippen molar-refractivity contribution >= 4 is 28.5 Å². The molecule has 4 rings (SSSR count). The molecule has 0 saturated carbocycles. The van der Waals surface area contributed by atoms with Gasteiger partial charge in [0.1, 0.15) is 12.4 Å². The minimum Gasteiger partial charge on any atom is -0.352 e. The summed E-state index contributed by atoms with van der Waals surface area (Å²) in [6.45, 7) is 6.72. The highest BCUT2D eigenvalue weighted by molar-refractivity contribution is 5.94. The first-order chi connectivity index (χ1) is 16.4. The molecule has 0 spiro atoms. The summed E-state index contributed by atoms with van der Waals surface area (Å²) in [6, 6.07) is 21.3. The second-order valence-electron chi connectivity index (χ2n) is 8.63. The Bertz CT molecular complexity index is 1340. The molecule has 0 aliphatic rings. The molecule has 0 radical (unpaired) electrons. The van der Waals surface area contributed by atoms with E-state index in [2.05, 4.69) is 10.6 Å². The molecule has 0 fully saturated rings. The Labute approximate surface area is 200 Å². The first kappa shape index (κ1) is 23.2. The van der Waals surface area contributed by atoms with Crippen LogP contribution in [-0.2, 0) is 17.8 Å². The van der Waals surface area contributed by atoms with Crippen LogP contribution in [0.4, 0.5) is 5.69 Å². The van der Waals surface area contributed by atoms with Crippen LogP contribution >= 0.6 is 0 Å². The molecular weight excluding hydrogens is 424 g/mol. The zero-order chi connectivity index (χ0) is 24.1. The maximum atomic E-state index is 12.9. The van der Waals surface area contributed by atoms with Crippen LogP contribution in [0.1, 0.15) is 39.3 Å². The molecule has 34 heavy (non-hydrogen) atoms. The molecule has 2 N–H and O–H groups in total. The summed E-state index contributed by atoms with van der Waals surface area (Å²) < 4.78 is 1.97. The maximum absolute atomic E-state index is 12.9. The number of benzene rings is 3. The number of nitrogens with one attached hydrogen (secondary N) is 2. The van der Waals surface area contributed by atoms with Crippen LogP contribution in [0.25, 0.3) is 11.0 Å². The van der Waals surface area contributed by atoms with Crippen molar-refractivity contribution in [1.82, 2.24) is 14.9 Å². The summed E-state index contributed by atoms with van der Waals surface area (Å²) in [7, 11) is 0. The molecule has 0 aliphatic heterocycles. The number of imidazole rings is 1. The first-order valence-corrected chi connectivity index (χ1v) is 11.6. The molecule has 2 amide bonds. The SMILES string of the molecule is Cc1cccc(C(=O)NCCCc2nc3ccccc3n2CC(=O)Nc2cccc(C)c2C)c1. The van der Waals surface area contributed by atoms with E-state index in [0.717, 1.165) is 45.7 Å². The van der Waals surface area contributed by atoms with Gasteiger partial charge in [0, 0.05) is 24.2 Å². The molecule has 0 aliphatic carbocycles. The molecule has 0 bridgehead atoms. The lowest BCUT2D eigenvalue weighted by atomic mass is 10.1. The number of carbonyl (C=O) groups excluding carboxylic acids is 2. The third-order valence-corrected chi connectivity index (χ3v) is 6.06. The van der Waals surface area contributed by atoms with Crippen LogP contribution in [0, 0.1) is 20.8 Å². The summed E-state index contributed by atoms with van der Waals surface area (Å²) in [5.41, 5.74) is 6.54. The molecule has 0 unspecified atom stereocenters. The van der Waals surface area contributed by atoms with Crippen LogP contribution in [0.3, 0.4) is 0 Å². The minimum absolute atomic E-state index is 0.0786. The van der Waals surface area contributed by atoms with Crippen molar-refractivity contribution in [3.8, 4) is 0 Å². The number of hydrogen-bond acceptors (Lipinski definition) is 3. The van der Waals surface area contributed by atoms with Crippen molar-refractivity contribution in [3.05, 3.63) is 94.8 Å². The predicted octanol–water partition coefficient (Wildman–Crippen LogP) is 4.96. The third-order valence-electron chi connectivity index (χ3n) is 6.06. The van der Waals surface area contributed by atoms with E-state index in [1.165, 1.54) is 0 Å². The quantitative estimate of drug-likeness (QED) is 0.369. The van der Waals surface area contributed by atoms with Gasteiger partial charge in [0.2, 0.25) is 5.91 Å². The Balaban J connectivity index is 1.43. The van der Waals surface area contributed by atoms with Gasteiger partial charge in [-0.05, 0) is 68.7 Å². The van der Waals surface area contributed by atoms with Crippen LogP contribution in [-0.4, -0.2) is 27.9 Å². The Kier molecular flexibility index (Phi) is 7.07. The van der Waals surface area contributed by atoms with E-state index in [1.54, 1.807) is 0 Å². The number of amides is 2. The van der Waals surface area contributed by atoms with Crippen LogP contribution in [0.2, 0.25) is 0 Å². The highest BCUT2D eigenvalue weighted by Gasteiger charge is 2.15. The van der Waals surface area contributed by atoms with Crippen LogP contribution in [0.5, 0.6) is 0 Å². The molecule has 1 heterocycles. The normalized spacial score (nSPS) is 10.9. The van der Waals surface area contributed by atoms with Crippen molar-refractivity contribution < 1.29 is 9.59 Å². The number of carbonyl (C=O) groups is 2. The number of hydrogen-bond donors (Lipinski definition) is 2. The number of aryl methyl sites for hydroxylation is 3. The first-order valence-electron chi connectivity index (χ1n) is 11.6. The summed E-state index contributed by atoms with van der Waals surface area (Å²) in [5, 5.41) is 6.02. The van der Waals surface area contributed by atoms with Gasteiger partial charge in [-0.25, -0.2) is 4.98 Å².